The molecule has 5 amide bonds. The molecule has 1 saturated carbocycles. The largest absolute Gasteiger partial charge is 0.459 e. The third-order valence-corrected chi connectivity index (χ3v) is 8.99. The number of amides is 5. The average Bonchev–Trinajstić information content (AvgIpc) is 3.44. The molecule has 3 unspecified atom stereocenters. The predicted octanol–water partition coefficient (Wildman–Crippen LogP) is 3.39. The second-order valence-electron chi connectivity index (χ2n) is 14.3. The number of carbonyl (C=O) groups is 6. The molecule has 1 aliphatic carbocycles. The Kier molecular flexibility index (Phi) is 14.7. The fourth-order valence-electron chi connectivity index (χ4n) is 6.50. The van der Waals surface area contributed by atoms with Gasteiger partial charge < -0.3 is 30.9 Å². The van der Waals surface area contributed by atoms with Crippen molar-refractivity contribution in [2.24, 2.45) is 17.3 Å². The van der Waals surface area contributed by atoms with Crippen LogP contribution in [0.1, 0.15) is 106 Å². The fourth-order valence-corrected chi connectivity index (χ4v) is 6.50. The maximum absolute atomic E-state index is 14.5. The van der Waals surface area contributed by atoms with Crippen molar-refractivity contribution in [3.63, 3.8) is 0 Å². The Labute approximate surface area is 274 Å². The minimum atomic E-state index is -1.04. The first kappa shape index (κ1) is 38.7. The van der Waals surface area contributed by atoms with Gasteiger partial charge in [-0.1, -0.05) is 65.9 Å². The number of hydrogen-bond donors (Lipinski definition) is 4. The quantitative estimate of drug-likeness (QED) is 0.120. The van der Waals surface area contributed by atoms with Gasteiger partial charge in [0.1, 0.15) is 24.2 Å². The Balaban J connectivity index is 2.35. The van der Waals surface area contributed by atoms with E-state index >= 15 is 0 Å². The van der Waals surface area contributed by atoms with Crippen molar-refractivity contribution < 1.29 is 33.5 Å². The van der Waals surface area contributed by atoms with Crippen LogP contribution in [0.25, 0.3) is 0 Å². The molecule has 4 N–H and O–H groups in total. The third kappa shape index (κ3) is 11.1. The van der Waals surface area contributed by atoms with Crippen molar-refractivity contribution in [3.8, 4) is 0 Å². The predicted molar refractivity (Wildman–Crippen MR) is 175 cm³/mol. The molecule has 260 valence electrons. The Hall–Kier alpha value is -3.44. The van der Waals surface area contributed by atoms with Crippen LogP contribution < -0.4 is 21.3 Å². The summed E-state index contributed by atoms with van der Waals surface area (Å²) in [6.45, 7) is 16.7. The Morgan fingerprint density at radius 1 is 1.02 bits per heavy atom. The number of nitrogens with one attached hydrogen (secondary N) is 4. The summed E-state index contributed by atoms with van der Waals surface area (Å²) < 4.78 is 5.29. The second-order valence-corrected chi connectivity index (χ2v) is 14.3. The number of ketones is 1. The van der Waals surface area contributed by atoms with Crippen LogP contribution in [-0.4, -0.2) is 83.8 Å². The van der Waals surface area contributed by atoms with Crippen molar-refractivity contribution in [1.82, 2.24) is 26.2 Å². The minimum Gasteiger partial charge on any atom is -0.459 e. The molecule has 12 heteroatoms. The number of urea groups is 1. The summed E-state index contributed by atoms with van der Waals surface area (Å²) in [7, 11) is 0. The lowest BCUT2D eigenvalue weighted by molar-refractivity contribution is -0.153. The number of likely N-dealkylation sites (tertiary alicyclic amines) is 1. The van der Waals surface area contributed by atoms with Crippen molar-refractivity contribution in [3.05, 3.63) is 12.7 Å². The van der Waals surface area contributed by atoms with Crippen LogP contribution in [0.15, 0.2) is 12.7 Å². The third-order valence-electron chi connectivity index (χ3n) is 8.99. The van der Waals surface area contributed by atoms with Crippen LogP contribution in [0.2, 0.25) is 0 Å². The van der Waals surface area contributed by atoms with Crippen molar-refractivity contribution in [2.45, 2.75) is 130 Å². The molecule has 2 rings (SSSR count). The van der Waals surface area contributed by atoms with E-state index in [1.165, 1.54) is 11.0 Å². The van der Waals surface area contributed by atoms with E-state index in [0.29, 0.717) is 32.2 Å². The van der Waals surface area contributed by atoms with Crippen LogP contribution in [0.3, 0.4) is 0 Å². The van der Waals surface area contributed by atoms with Gasteiger partial charge in [0.2, 0.25) is 17.6 Å². The zero-order chi connectivity index (χ0) is 34.7. The first-order valence-electron chi connectivity index (χ1n) is 16.8. The Morgan fingerprint density at radius 2 is 1.67 bits per heavy atom. The maximum atomic E-state index is 14.5. The van der Waals surface area contributed by atoms with E-state index in [1.807, 2.05) is 27.7 Å². The zero-order valence-electron chi connectivity index (χ0n) is 29.0. The maximum Gasteiger partial charge on any atom is 0.325 e. The monoisotopic (exact) mass is 647 g/mol. The highest BCUT2D eigenvalue weighted by atomic mass is 16.6. The van der Waals surface area contributed by atoms with Gasteiger partial charge in [0.05, 0.1) is 6.04 Å². The lowest BCUT2D eigenvalue weighted by atomic mass is 9.70. The summed E-state index contributed by atoms with van der Waals surface area (Å²) in [6.07, 6.45) is 7.95. The fraction of sp³-hybridized carbons (Fsp3) is 0.765. The van der Waals surface area contributed by atoms with Gasteiger partial charge in [0.25, 0.3) is 5.91 Å². The van der Waals surface area contributed by atoms with E-state index in [9.17, 15) is 28.8 Å². The summed E-state index contributed by atoms with van der Waals surface area (Å²) >= 11 is 0. The number of rotatable bonds is 15. The Morgan fingerprint density at radius 3 is 2.24 bits per heavy atom. The molecule has 2 aliphatic rings. The van der Waals surface area contributed by atoms with Gasteiger partial charge in [-0.3, -0.25) is 24.0 Å². The van der Waals surface area contributed by atoms with E-state index in [0.717, 1.165) is 25.7 Å². The van der Waals surface area contributed by atoms with Gasteiger partial charge in [-0.25, -0.2) is 4.79 Å². The lowest BCUT2D eigenvalue weighted by Gasteiger charge is -2.42. The standard InChI is InChI=1S/C34H57N5O7/c1-9-11-15-24(27(41)30(43)35-19-10-2)37-29(42)26-23(22(3)4)16-20-39(26)31(44)28(34(8)17-13-12-14-18-34)38-32(45)36-21-25(40)46-33(5,6)7/h10,22-24,26,28H,2,9,11-21H2,1,3-8H3,(H,35,43)(H,37,42)(H2,36,38,45)/t23?,24?,26-,28?/m0/s1. The second kappa shape index (κ2) is 17.5. The lowest BCUT2D eigenvalue weighted by Crippen LogP contribution is -2.62. The van der Waals surface area contributed by atoms with Gasteiger partial charge >= 0.3 is 12.0 Å². The van der Waals surface area contributed by atoms with Crippen molar-refractivity contribution in [1.29, 1.82) is 0 Å². The molecule has 12 nitrogen and oxygen atoms in total. The highest BCUT2D eigenvalue weighted by Gasteiger charge is 2.49. The van der Waals surface area contributed by atoms with E-state index in [-0.39, 0.29) is 37.3 Å². The molecule has 1 heterocycles. The van der Waals surface area contributed by atoms with Crippen molar-refractivity contribution >= 4 is 35.5 Å². The molecule has 4 atom stereocenters. The topological polar surface area (TPSA) is 163 Å². The zero-order valence-corrected chi connectivity index (χ0v) is 29.0. The van der Waals surface area contributed by atoms with Gasteiger partial charge in [0.15, 0.2) is 0 Å². The molecule has 0 spiro atoms. The van der Waals surface area contributed by atoms with Crippen LogP contribution >= 0.6 is 0 Å². The molecule has 0 radical (unpaired) electrons. The molecule has 0 aromatic rings. The molecule has 0 aromatic carbocycles. The molecule has 46 heavy (non-hydrogen) atoms. The summed E-state index contributed by atoms with van der Waals surface area (Å²) in [5.41, 5.74) is -1.28. The van der Waals surface area contributed by atoms with Gasteiger partial charge in [0, 0.05) is 13.1 Å². The number of unbranched alkanes of at least 4 members (excludes halogenated alkanes) is 1. The molecular weight excluding hydrogens is 590 g/mol. The number of nitrogens with zero attached hydrogens (tertiary/aromatic N) is 1. The minimum absolute atomic E-state index is 0.0445. The number of carbonyl (C=O) groups excluding carboxylic acids is 6. The van der Waals surface area contributed by atoms with Gasteiger partial charge in [-0.15, -0.1) is 6.58 Å². The summed E-state index contributed by atoms with van der Waals surface area (Å²) in [5, 5.41) is 10.7. The van der Waals surface area contributed by atoms with Crippen LogP contribution in [0, 0.1) is 17.3 Å². The molecule has 0 bridgehead atoms. The number of ether oxygens (including phenoxy) is 1. The summed E-state index contributed by atoms with van der Waals surface area (Å²) in [5.74, 6) is -3.15. The highest BCUT2D eigenvalue weighted by Crippen LogP contribution is 2.41. The smallest absolute Gasteiger partial charge is 0.325 e. The first-order chi connectivity index (χ1) is 21.5. The SMILES string of the molecule is C=CCNC(=O)C(=O)C(CCCC)NC(=O)[C@@H]1C(C(C)C)CCN1C(=O)C(NC(=O)NCC(=O)OC(C)(C)C)C1(C)CCCCC1. The molecule has 1 saturated heterocycles. The van der Waals surface area contributed by atoms with E-state index in [1.54, 1.807) is 20.8 Å². The van der Waals surface area contributed by atoms with Gasteiger partial charge in [-0.2, -0.15) is 0 Å². The number of esters is 1. The highest BCUT2D eigenvalue weighted by molar-refractivity contribution is 6.38. The first-order valence-corrected chi connectivity index (χ1v) is 16.8. The van der Waals surface area contributed by atoms with Crippen LogP contribution in [0.5, 0.6) is 0 Å². The van der Waals surface area contributed by atoms with E-state index in [4.69, 9.17) is 4.74 Å². The number of hydrogen-bond acceptors (Lipinski definition) is 7. The van der Waals surface area contributed by atoms with Crippen LogP contribution in [-0.2, 0) is 28.7 Å². The van der Waals surface area contributed by atoms with Crippen LogP contribution in [0.4, 0.5) is 4.79 Å². The molecule has 1 aliphatic heterocycles. The molecular formula is C34H57N5O7. The molecule has 0 aromatic heterocycles. The average molecular weight is 648 g/mol. The molecule has 2 fully saturated rings. The summed E-state index contributed by atoms with van der Waals surface area (Å²) in [4.78, 5) is 81.0. The van der Waals surface area contributed by atoms with Gasteiger partial charge in [-0.05, 0) is 63.7 Å². The van der Waals surface area contributed by atoms with E-state index < -0.39 is 58.7 Å². The number of Topliss-reactive ketones (excluding diaryl/α,β-unsaturated/α-hetero) is 1. The van der Waals surface area contributed by atoms with E-state index in [2.05, 4.69) is 27.8 Å². The normalized spacial score (nSPS) is 20.7. The summed E-state index contributed by atoms with van der Waals surface area (Å²) in [6, 6.07) is -3.55. The van der Waals surface area contributed by atoms with Crippen molar-refractivity contribution in [2.75, 3.05) is 19.6 Å². The Bertz CT molecular complexity index is 1110.